The lowest BCUT2D eigenvalue weighted by Gasteiger charge is -2.21. The molecule has 1 aliphatic heterocycles. The van der Waals surface area contributed by atoms with Gasteiger partial charge in [0, 0.05) is 54.6 Å². The van der Waals surface area contributed by atoms with Crippen molar-refractivity contribution in [3.05, 3.63) is 71.4 Å². The highest BCUT2D eigenvalue weighted by molar-refractivity contribution is 5.60. The molecule has 1 aliphatic rings. The number of aliphatic hydroxyl groups excluding tert-OH is 1. The van der Waals surface area contributed by atoms with Crippen molar-refractivity contribution in [2.24, 2.45) is 5.92 Å². The van der Waals surface area contributed by atoms with E-state index in [1.807, 2.05) is 30.5 Å². The molecule has 0 saturated heterocycles. The van der Waals surface area contributed by atoms with Crippen LogP contribution in [0.25, 0.3) is 11.3 Å². The Morgan fingerprint density at radius 3 is 2.59 bits per heavy atom. The SMILES string of the molecule is OCC1CCc2nc(-c3ccc(C#Cc4ccnc(C(F)(F)F)c4)cc3)cn2C1. The van der Waals surface area contributed by atoms with Crippen LogP contribution in [0.2, 0.25) is 0 Å². The highest BCUT2D eigenvalue weighted by Gasteiger charge is 2.32. The van der Waals surface area contributed by atoms with E-state index in [9.17, 15) is 18.3 Å². The second kappa shape index (κ2) is 7.72. The van der Waals surface area contributed by atoms with Crippen LogP contribution in [0.4, 0.5) is 13.2 Å². The van der Waals surface area contributed by atoms with Gasteiger partial charge in [-0.3, -0.25) is 4.98 Å². The number of hydrogen-bond donors (Lipinski definition) is 1. The van der Waals surface area contributed by atoms with Gasteiger partial charge in [0.25, 0.3) is 0 Å². The molecule has 1 unspecified atom stereocenters. The number of aromatic nitrogens is 3. The van der Waals surface area contributed by atoms with Gasteiger partial charge in [-0.25, -0.2) is 4.98 Å². The standard InChI is InChI=1S/C22H18F3N3O/c23-22(24,25)20-11-16(9-10-26-20)2-1-15-3-6-18(7-4-15)19-13-28-12-17(14-29)5-8-21(28)27-19/h3-4,6-7,9-11,13,17,29H,5,8,12,14H2. The van der Waals surface area contributed by atoms with Crippen LogP contribution in [0.15, 0.2) is 48.8 Å². The van der Waals surface area contributed by atoms with E-state index >= 15 is 0 Å². The third-order valence-corrected chi connectivity index (χ3v) is 4.93. The van der Waals surface area contributed by atoms with E-state index in [2.05, 4.69) is 26.4 Å². The van der Waals surface area contributed by atoms with Crippen molar-refractivity contribution in [3.8, 4) is 23.1 Å². The molecule has 0 bridgehead atoms. The smallest absolute Gasteiger partial charge is 0.396 e. The Hall–Kier alpha value is -3.11. The Bertz CT molecular complexity index is 1080. The van der Waals surface area contributed by atoms with Crippen molar-refractivity contribution in [2.75, 3.05) is 6.61 Å². The minimum Gasteiger partial charge on any atom is -0.396 e. The predicted molar refractivity (Wildman–Crippen MR) is 102 cm³/mol. The van der Waals surface area contributed by atoms with E-state index in [0.29, 0.717) is 5.56 Å². The van der Waals surface area contributed by atoms with Crippen molar-refractivity contribution in [1.29, 1.82) is 0 Å². The molecular formula is C22H18F3N3O. The molecule has 148 valence electrons. The largest absolute Gasteiger partial charge is 0.433 e. The first-order valence-corrected chi connectivity index (χ1v) is 9.25. The van der Waals surface area contributed by atoms with Gasteiger partial charge in [-0.15, -0.1) is 0 Å². The zero-order valence-corrected chi connectivity index (χ0v) is 15.4. The number of aliphatic hydroxyl groups is 1. The molecule has 1 atom stereocenters. The number of fused-ring (bicyclic) bond motifs is 1. The van der Waals surface area contributed by atoms with Gasteiger partial charge in [-0.2, -0.15) is 13.2 Å². The number of halogens is 3. The van der Waals surface area contributed by atoms with E-state index in [-0.39, 0.29) is 18.1 Å². The third kappa shape index (κ3) is 4.33. The van der Waals surface area contributed by atoms with Crippen molar-refractivity contribution in [2.45, 2.75) is 25.6 Å². The fourth-order valence-electron chi connectivity index (χ4n) is 3.33. The maximum Gasteiger partial charge on any atom is 0.433 e. The highest BCUT2D eigenvalue weighted by atomic mass is 19.4. The molecule has 0 spiro atoms. The fourth-order valence-corrected chi connectivity index (χ4v) is 3.33. The summed E-state index contributed by atoms with van der Waals surface area (Å²) in [7, 11) is 0. The second-order valence-corrected chi connectivity index (χ2v) is 7.04. The molecule has 3 aromatic rings. The van der Waals surface area contributed by atoms with Crippen molar-refractivity contribution in [3.63, 3.8) is 0 Å². The molecule has 1 aromatic carbocycles. The van der Waals surface area contributed by atoms with Crippen LogP contribution >= 0.6 is 0 Å². The van der Waals surface area contributed by atoms with Gasteiger partial charge in [0.2, 0.25) is 0 Å². The average molecular weight is 397 g/mol. The summed E-state index contributed by atoms with van der Waals surface area (Å²) >= 11 is 0. The first-order chi connectivity index (χ1) is 13.9. The van der Waals surface area contributed by atoms with Gasteiger partial charge in [0.15, 0.2) is 0 Å². The summed E-state index contributed by atoms with van der Waals surface area (Å²) < 4.78 is 40.3. The number of hydrogen-bond acceptors (Lipinski definition) is 3. The average Bonchev–Trinajstić information content (AvgIpc) is 3.15. The fraction of sp³-hybridized carbons (Fsp3) is 0.273. The summed E-state index contributed by atoms with van der Waals surface area (Å²) in [5.41, 5.74) is 1.82. The topological polar surface area (TPSA) is 50.9 Å². The van der Waals surface area contributed by atoms with Gasteiger partial charge < -0.3 is 9.67 Å². The lowest BCUT2D eigenvalue weighted by Crippen LogP contribution is -2.22. The van der Waals surface area contributed by atoms with E-state index in [1.165, 1.54) is 6.07 Å². The van der Waals surface area contributed by atoms with Gasteiger partial charge in [0.1, 0.15) is 11.5 Å². The van der Waals surface area contributed by atoms with Crippen LogP contribution < -0.4 is 0 Å². The monoisotopic (exact) mass is 397 g/mol. The molecule has 1 N–H and O–H groups in total. The molecular weight excluding hydrogens is 379 g/mol. The van der Waals surface area contributed by atoms with Crippen molar-refractivity contribution >= 4 is 0 Å². The van der Waals surface area contributed by atoms with E-state index in [4.69, 9.17) is 0 Å². The molecule has 3 heterocycles. The zero-order valence-electron chi connectivity index (χ0n) is 15.4. The minimum absolute atomic E-state index is 0.183. The number of rotatable bonds is 2. The number of aryl methyl sites for hydroxylation is 1. The molecule has 0 radical (unpaired) electrons. The number of benzene rings is 1. The van der Waals surface area contributed by atoms with Crippen LogP contribution in [-0.2, 0) is 19.1 Å². The molecule has 7 heteroatoms. The Morgan fingerprint density at radius 2 is 1.86 bits per heavy atom. The van der Waals surface area contributed by atoms with Gasteiger partial charge in [-0.05, 0) is 30.7 Å². The molecule has 0 amide bonds. The highest BCUT2D eigenvalue weighted by Crippen LogP contribution is 2.28. The van der Waals surface area contributed by atoms with E-state index < -0.39 is 11.9 Å². The first kappa shape index (κ1) is 19.2. The number of nitrogens with zero attached hydrogens (tertiary/aromatic N) is 3. The van der Waals surface area contributed by atoms with Gasteiger partial charge in [0.05, 0.1) is 5.69 Å². The normalized spacial score (nSPS) is 16.1. The third-order valence-electron chi connectivity index (χ3n) is 4.93. The quantitative estimate of drug-likeness (QED) is 0.667. The molecule has 4 rings (SSSR count). The van der Waals surface area contributed by atoms with E-state index in [0.717, 1.165) is 48.7 Å². The Kier molecular flexibility index (Phi) is 5.12. The van der Waals surface area contributed by atoms with E-state index in [1.54, 1.807) is 0 Å². The van der Waals surface area contributed by atoms with Gasteiger partial charge in [-0.1, -0.05) is 24.0 Å². The Labute approximate surface area is 166 Å². The molecule has 0 saturated carbocycles. The van der Waals surface area contributed by atoms with Crippen LogP contribution in [0, 0.1) is 17.8 Å². The van der Waals surface area contributed by atoms with Gasteiger partial charge >= 0.3 is 6.18 Å². The zero-order chi connectivity index (χ0) is 20.4. The number of imidazole rings is 1. The summed E-state index contributed by atoms with van der Waals surface area (Å²) in [4.78, 5) is 8.01. The summed E-state index contributed by atoms with van der Waals surface area (Å²) in [6.07, 6.45) is 0.401. The molecule has 2 aromatic heterocycles. The van der Waals surface area contributed by atoms with Crippen molar-refractivity contribution < 1.29 is 18.3 Å². The summed E-state index contributed by atoms with van der Waals surface area (Å²) in [5.74, 6) is 6.92. The Balaban J connectivity index is 1.52. The molecule has 29 heavy (non-hydrogen) atoms. The number of alkyl halides is 3. The first-order valence-electron chi connectivity index (χ1n) is 9.25. The van der Waals surface area contributed by atoms with Crippen LogP contribution in [0.1, 0.15) is 29.1 Å². The maximum atomic E-state index is 12.7. The number of pyridine rings is 1. The summed E-state index contributed by atoms with van der Waals surface area (Å²) in [6.45, 7) is 0.955. The maximum absolute atomic E-state index is 12.7. The lowest BCUT2D eigenvalue weighted by atomic mass is 10.0. The molecule has 4 nitrogen and oxygen atoms in total. The minimum atomic E-state index is -4.49. The predicted octanol–water partition coefficient (Wildman–Crippen LogP) is 3.92. The summed E-state index contributed by atoms with van der Waals surface area (Å²) in [5, 5.41) is 9.35. The van der Waals surface area contributed by atoms with Crippen LogP contribution in [-0.4, -0.2) is 26.2 Å². The second-order valence-electron chi connectivity index (χ2n) is 7.04. The van der Waals surface area contributed by atoms with Crippen molar-refractivity contribution in [1.82, 2.24) is 14.5 Å². The molecule has 0 fully saturated rings. The Morgan fingerprint density at radius 1 is 1.10 bits per heavy atom. The molecule has 0 aliphatic carbocycles. The van der Waals surface area contributed by atoms with Crippen LogP contribution in [0.3, 0.4) is 0 Å². The van der Waals surface area contributed by atoms with Crippen LogP contribution in [0.5, 0.6) is 0 Å². The summed E-state index contributed by atoms with van der Waals surface area (Å²) in [6, 6.07) is 9.83. The lowest BCUT2D eigenvalue weighted by molar-refractivity contribution is -0.141.